The molecule has 0 saturated carbocycles. The number of aromatic amines is 1. The molecule has 1 amide bonds. The van der Waals surface area contributed by atoms with E-state index in [1.54, 1.807) is 24.5 Å². The molecule has 7 nitrogen and oxygen atoms in total. The highest BCUT2D eigenvalue weighted by atomic mass is 16.3. The van der Waals surface area contributed by atoms with Crippen molar-refractivity contribution in [3.05, 3.63) is 47.8 Å². The zero-order valence-corrected chi connectivity index (χ0v) is 15.2. The number of unbranched alkanes of at least 4 members (excludes halogenated alkanes) is 1. The van der Waals surface area contributed by atoms with E-state index in [1.807, 2.05) is 6.20 Å². The molecule has 0 radical (unpaired) electrons. The monoisotopic (exact) mass is 357 g/mol. The first-order valence-electron chi connectivity index (χ1n) is 9.29. The summed E-state index contributed by atoms with van der Waals surface area (Å²) in [5.74, 6) is 0.862. The van der Waals surface area contributed by atoms with Crippen molar-refractivity contribution >= 4 is 5.91 Å². The highest BCUT2D eigenvalue weighted by Gasteiger charge is 2.29. The van der Waals surface area contributed by atoms with Crippen molar-refractivity contribution in [2.45, 2.75) is 51.3 Å². The fourth-order valence-corrected chi connectivity index (χ4v) is 3.26. The number of imidazole rings is 1. The SMILES string of the molecule is CCCCc1ncc(CN2CCC(NC(=O)c3ccncc3)C(O)C2)[nH]1. The number of nitrogens with zero attached hydrogens (tertiary/aromatic N) is 3. The number of amides is 1. The van der Waals surface area contributed by atoms with Gasteiger partial charge in [0.05, 0.1) is 12.1 Å². The summed E-state index contributed by atoms with van der Waals surface area (Å²) in [5, 5.41) is 13.4. The van der Waals surface area contributed by atoms with Crippen LogP contribution in [0.1, 0.15) is 48.1 Å². The maximum Gasteiger partial charge on any atom is 0.251 e. The van der Waals surface area contributed by atoms with Crippen LogP contribution in [0.5, 0.6) is 0 Å². The van der Waals surface area contributed by atoms with E-state index in [4.69, 9.17) is 0 Å². The smallest absolute Gasteiger partial charge is 0.251 e. The molecular formula is C19H27N5O2. The summed E-state index contributed by atoms with van der Waals surface area (Å²) in [6, 6.07) is 3.12. The molecule has 0 aromatic carbocycles. The molecule has 1 saturated heterocycles. The first-order valence-corrected chi connectivity index (χ1v) is 9.29. The second-order valence-corrected chi connectivity index (χ2v) is 6.87. The Hall–Kier alpha value is -2.25. The average molecular weight is 357 g/mol. The number of likely N-dealkylation sites (tertiary alicyclic amines) is 1. The van der Waals surface area contributed by atoms with Crippen LogP contribution < -0.4 is 5.32 Å². The van der Waals surface area contributed by atoms with Crippen molar-refractivity contribution in [3.8, 4) is 0 Å². The summed E-state index contributed by atoms with van der Waals surface area (Å²) < 4.78 is 0. The standard InChI is InChI=1S/C19H27N5O2/c1-2-3-4-18-21-11-15(22-18)12-24-10-7-16(17(25)13-24)23-19(26)14-5-8-20-9-6-14/h5-6,8-9,11,16-17,25H,2-4,7,10,12-13H2,1H3,(H,21,22)(H,23,26). The van der Waals surface area contributed by atoms with E-state index in [1.165, 1.54) is 0 Å². The Labute approximate surface area is 153 Å². The Bertz CT molecular complexity index is 703. The molecule has 0 spiro atoms. The van der Waals surface area contributed by atoms with E-state index in [9.17, 15) is 9.90 Å². The molecule has 3 N–H and O–H groups in total. The maximum absolute atomic E-state index is 12.2. The lowest BCUT2D eigenvalue weighted by Crippen LogP contribution is -2.53. The van der Waals surface area contributed by atoms with Crippen LogP contribution in [0.25, 0.3) is 0 Å². The van der Waals surface area contributed by atoms with Crippen LogP contribution in [-0.4, -0.2) is 56.1 Å². The van der Waals surface area contributed by atoms with Crippen LogP contribution in [0.3, 0.4) is 0 Å². The minimum absolute atomic E-state index is 0.168. The molecule has 3 heterocycles. The molecule has 2 aromatic heterocycles. The van der Waals surface area contributed by atoms with Gasteiger partial charge in [-0.25, -0.2) is 4.98 Å². The molecule has 0 aliphatic carbocycles. The molecule has 2 atom stereocenters. The van der Waals surface area contributed by atoms with Crippen molar-refractivity contribution in [2.24, 2.45) is 0 Å². The topological polar surface area (TPSA) is 94.1 Å². The number of aliphatic hydroxyl groups excluding tert-OH is 1. The second kappa shape index (κ2) is 8.91. The average Bonchev–Trinajstić information content (AvgIpc) is 3.10. The molecule has 7 heteroatoms. The van der Waals surface area contributed by atoms with Crippen LogP contribution in [-0.2, 0) is 13.0 Å². The quantitative estimate of drug-likeness (QED) is 0.698. The first-order chi connectivity index (χ1) is 12.7. The third-order valence-corrected chi connectivity index (χ3v) is 4.77. The number of nitrogens with one attached hydrogen (secondary N) is 2. The Morgan fingerprint density at radius 3 is 2.96 bits per heavy atom. The number of carbonyl (C=O) groups is 1. The largest absolute Gasteiger partial charge is 0.390 e. The summed E-state index contributed by atoms with van der Waals surface area (Å²) in [4.78, 5) is 26.1. The number of hydrogen-bond acceptors (Lipinski definition) is 5. The summed E-state index contributed by atoms with van der Waals surface area (Å²) in [5.41, 5.74) is 1.63. The molecule has 1 aliphatic rings. The lowest BCUT2D eigenvalue weighted by Gasteiger charge is -2.36. The van der Waals surface area contributed by atoms with E-state index in [0.29, 0.717) is 12.1 Å². The molecule has 2 aromatic rings. The normalized spacial score (nSPS) is 20.8. The van der Waals surface area contributed by atoms with Crippen LogP contribution >= 0.6 is 0 Å². The molecule has 140 valence electrons. The summed E-state index contributed by atoms with van der Waals surface area (Å²) in [6.07, 6.45) is 8.46. The summed E-state index contributed by atoms with van der Waals surface area (Å²) in [7, 11) is 0. The fraction of sp³-hybridized carbons (Fsp3) is 0.526. The number of H-pyrrole nitrogens is 1. The summed E-state index contributed by atoms with van der Waals surface area (Å²) in [6.45, 7) is 4.26. The van der Waals surface area contributed by atoms with Gasteiger partial charge in [-0.2, -0.15) is 0 Å². The summed E-state index contributed by atoms with van der Waals surface area (Å²) >= 11 is 0. The Balaban J connectivity index is 1.49. The molecule has 26 heavy (non-hydrogen) atoms. The lowest BCUT2D eigenvalue weighted by molar-refractivity contribution is 0.0345. The number of hydrogen-bond donors (Lipinski definition) is 3. The number of piperidine rings is 1. The fourth-order valence-electron chi connectivity index (χ4n) is 3.26. The number of β-amino-alcohol motifs (C(OH)–C–C–N with tert-alkyl or cyclic N) is 1. The zero-order chi connectivity index (χ0) is 18.4. The highest BCUT2D eigenvalue weighted by Crippen LogP contribution is 2.15. The maximum atomic E-state index is 12.2. The van der Waals surface area contributed by atoms with Gasteiger partial charge in [-0.15, -0.1) is 0 Å². The van der Waals surface area contributed by atoms with Gasteiger partial charge in [0.2, 0.25) is 0 Å². The van der Waals surface area contributed by atoms with Crippen molar-refractivity contribution < 1.29 is 9.90 Å². The van der Waals surface area contributed by atoms with E-state index in [0.717, 1.165) is 50.3 Å². The third-order valence-electron chi connectivity index (χ3n) is 4.77. The highest BCUT2D eigenvalue weighted by molar-refractivity contribution is 5.94. The number of aromatic nitrogens is 3. The van der Waals surface area contributed by atoms with Crippen LogP contribution in [0.2, 0.25) is 0 Å². The number of aliphatic hydroxyl groups is 1. The Kier molecular flexibility index (Phi) is 6.35. The van der Waals surface area contributed by atoms with Crippen molar-refractivity contribution in [1.29, 1.82) is 0 Å². The lowest BCUT2D eigenvalue weighted by atomic mass is 10.0. The molecule has 0 bridgehead atoms. The van der Waals surface area contributed by atoms with Gasteiger partial charge in [0.25, 0.3) is 5.91 Å². The molecule has 3 rings (SSSR count). The van der Waals surface area contributed by atoms with Crippen molar-refractivity contribution in [3.63, 3.8) is 0 Å². The van der Waals surface area contributed by atoms with Gasteiger partial charge in [-0.05, 0) is 25.0 Å². The predicted molar refractivity (Wildman–Crippen MR) is 98.6 cm³/mol. The number of rotatable bonds is 7. The van der Waals surface area contributed by atoms with Crippen molar-refractivity contribution in [1.82, 2.24) is 25.2 Å². The van der Waals surface area contributed by atoms with Crippen LogP contribution in [0.4, 0.5) is 0 Å². The Morgan fingerprint density at radius 2 is 2.23 bits per heavy atom. The first kappa shape index (κ1) is 18.5. The molecule has 1 aliphatic heterocycles. The minimum Gasteiger partial charge on any atom is -0.390 e. The van der Waals surface area contributed by atoms with Gasteiger partial charge < -0.3 is 15.4 Å². The Morgan fingerprint density at radius 1 is 1.42 bits per heavy atom. The van der Waals surface area contributed by atoms with Crippen LogP contribution in [0, 0.1) is 0 Å². The van der Waals surface area contributed by atoms with Crippen molar-refractivity contribution in [2.75, 3.05) is 13.1 Å². The molecular weight excluding hydrogens is 330 g/mol. The van der Waals surface area contributed by atoms with E-state index >= 15 is 0 Å². The van der Waals surface area contributed by atoms with Gasteiger partial charge in [0, 0.05) is 55.9 Å². The van der Waals surface area contributed by atoms with Gasteiger partial charge in [0.1, 0.15) is 5.82 Å². The zero-order valence-electron chi connectivity index (χ0n) is 15.2. The third kappa shape index (κ3) is 4.89. The van der Waals surface area contributed by atoms with Gasteiger partial charge in [-0.3, -0.25) is 14.7 Å². The van der Waals surface area contributed by atoms with E-state index in [2.05, 4.69) is 32.1 Å². The van der Waals surface area contributed by atoms with Crippen LogP contribution in [0.15, 0.2) is 30.7 Å². The van der Waals surface area contributed by atoms with E-state index < -0.39 is 6.10 Å². The van der Waals surface area contributed by atoms with Gasteiger partial charge in [-0.1, -0.05) is 13.3 Å². The van der Waals surface area contributed by atoms with Gasteiger partial charge >= 0.3 is 0 Å². The minimum atomic E-state index is -0.586. The number of pyridine rings is 1. The van der Waals surface area contributed by atoms with Gasteiger partial charge in [0.15, 0.2) is 0 Å². The molecule has 1 fully saturated rings. The molecule has 2 unspecified atom stereocenters. The predicted octanol–water partition coefficient (Wildman–Crippen LogP) is 1.51. The number of carbonyl (C=O) groups excluding carboxylic acids is 1. The van der Waals surface area contributed by atoms with E-state index in [-0.39, 0.29) is 11.9 Å². The number of aryl methyl sites for hydroxylation is 1. The second-order valence-electron chi connectivity index (χ2n) is 6.87.